The summed E-state index contributed by atoms with van der Waals surface area (Å²) in [5.74, 6) is 0. The highest BCUT2D eigenvalue weighted by molar-refractivity contribution is 7.23. The molecule has 0 saturated carbocycles. The van der Waals surface area contributed by atoms with Gasteiger partial charge in [-0.1, -0.05) is 47.7 Å². The van der Waals surface area contributed by atoms with Crippen molar-refractivity contribution in [3.8, 4) is 0 Å². The first-order valence-electron chi connectivity index (χ1n) is 7.16. The number of rotatable bonds is 2. The van der Waals surface area contributed by atoms with Crippen LogP contribution in [-0.4, -0.2) is 9.38 Å². The van der Waals surface area contributed by atoms with Gasteiger partial charge in [0.1, 0.15) is 0 Å². The van der Waals surface area contributed by atoms with E-state index in [9.17, 15) is 4.79 Å². The van der Waals surface area contributed by atoms with Gasteiger partial charge in [0, 0.05) is 18.2 Å². The van der Waals surface area contributed by atoms with Crippen molar-refractivity contribution >= 4 is 26.5 Å². The van der Waals surface area contributed by atoms with Crippen LogP contribution in [0.2, 0.25) is 0 Å². The fourth-order valence-electron chi connectivity index (χ4n) is 2.68. The molecule has 0 aliphatic carbocycles. The Kier molecular flexibility index (Phi) is 3.05. The monoisotopic (exact) mass is 306 g/mol. The molecular weight excluding hydrogens is 292 g/mol. The van der Waals surface area contributed by atoms with Crippen LogP contribution in [0, 0.1) is 6.92 Å². The Balaban J connectivity index is 1.94. The lowest BCUT2D eigenvalue weighted by Crippen LogP contribution is -2.18. The molecule has 0 spiro atoms. The molecule has 0 aliphatic rings. The van der Waals surface area contributed by atoms with Crippen LogP contribution in [-0.2, 0) is 6.42 Å². The summed E-state index contributed by atoms with van der Waals surface area (Å²) in [7, 11) is 0. The smallest absolute Gasteiger partial charge is 0.262 e. The predicted octanol–water partition coefficient (Wildman–Crippen LogP) is 3.81. The van der Waals surface area contributed by atoms with E-state index in [2.05, 4.69) is 17.1 Å². The van der Waals surface area contributed by atoms with Crippen LogP contribution in [0.25, 0.3) is 15.2 Å². The zero-order valence-electron chi connectivity index (χ0n) is 12.1. The van der Waals surface area contributed by atoms with Gasteiger partial charge < -0.3 is 0 Å². The van der Waals surface area contributed by atoms with Gasteiger partial charge in [0.25, 0.3) is 5.56 Å². The third-order valence-electron chi connectivity index (χ3n) is 3.79. The quantitative estimate of drug-likeness (QED) is 0.564. The minimum absolute atomic E-state index is 0.0331. The van der Waals surface area contributed by atoms with Crippen LogP contribution in [0.4, 0.5) is 0 Å². The molecule has 0 atom stereocenters. The molecule has 0 aliphatic heterocycles. The Morgan fingerprint density at radius 1 is 1.14 bits per heavy atom. The summed E-state index contributed by atoms with van der Waals surface area (Å²) < 4.78 is 2.83. The molecule has 0 unspecified atom stereocenters. The number of fused-ring (bicyclic) bond motifs is 3. The highest BCUT2D eigenvalue weighted by atomic mass is 32.1. The molecule has 0 N–H and O–H groups in total. The van der Waals surface area contributed by atoms with Crippen molar-refractivity contribution in [3.63, 3.8) is 0 Å². The normalized spacial score (nSPS) is 11.3. The van der Waals surface area contributed by atoms with Gasteiger partial charge in [-0.05, 0) is 30.2 Å². The van der Waals surface area contributed by atoms with Gasteiger partial charge in [-0.3, -0.25) is 9.20 Å². The van der Waals surface area contributed by atoms with Gasteiger partial charge >= 0.3 is 0 Å². The first-order valence-corrected chi connectivity index (χ1v) is 7.98. The lowest BCUT2D eigenvalue weighted by Gasteiger charge is -2.02. The maximum atomic E-state index is 12.8. The average Bonchev–Trinajstić information content (AvgIpc) is 2.89. The third kappa shape index (κ3) is 2.12. The van der Waals surface area contributed by atoms with Crippen molar-refractivity contribution in [2.45, 2.75) is 13.3 Å². The Labute approximate surface area is 131 Å². The van der Waals surface area contributed by atoms with E-state index < -0.39 is 0 Å². The van der Waals surface area contributed by atoms with Crippen LogP contribution in [0.3, 0.4) is 0 Å². The molecule has 0 saturated heterocycles. The fraction of sp³-hybridized carbons (Fsp3) is 0.111. The van der Waals surface area contributed by atoms with Crippen LogP contribution in [0.15, 0.2) is 59.5 Å². The molecule has 0 amide bonds. The average molecular weight is 306 g/mol. The maximum absolute atomic E-state index is 12.8. The number of nitrogens with zero attached hydrogens (tertiary/aromatic N) is 2. The second kappa shape index (κ2) is 5.07. The van der Waals surface area contributed by atoms with Crippen molar-refractivity contribution in [2.24, 2.45) is 0 Å². The number of benzene rings is 2. The minimum Gasteiger partial charge on any atom is -0.269 e. The zero-order valence-corrected chi connectivity index (χ0v) is 12.9. The topological polar surface area (TPSA) is 34.4 Å². The number of hydrogen-bond acceptors (Lipinski definition) is 3. The highest BCUT2D eigenvalue weighted by Crippen LogP contribution is 2.24. The fourth-order valence-corrected chi connectivity index (χ4v) is 3.65. The molecule has 4 aromatic rings. The first kappa shape index (κ1) is 13.2. The van der Waals surface area contributed by atoms with E-state index in [0.29, 0.717) is 6.42 Å². The summed E-state index contributed by atoms with van der Waals surface area (Å²) in [5.41, 5.74) is 3.98. The van der Waals surface area contributed by atoms with E-state index in [-0.39, 0.29) is 5.56 Å². The summed E-state index contributed by atoms with van der Waals surface area (Å²) >= 11 is 1.55. The molecule has 3 nitrogen and oxygen atoms in total. The SMILES string of the molecule is Cc1ccc2sc3ncc(Cc4ccccc4)c(=O)n3c2c1. The van der Waals surface area contributed by atoms with Crippen LogP contribution >= 0.6 is 11.3 Å². The van der Waals surface area contributed by atoms with Crippen molar-refractivity contribution in [1.29, 1.82) is 0 Å². The molecule has 108 valence electrons. The van der Waals surface area contributed by atoms with Crippen molar-refractivity contribution in [1.82, 2.24) is 9.38 Å². The van der Waals surface area contributed by atoms with E-state index >= 15 is 0 Å². The summed E-state index contributed by atoms with van der Waals surface area (Å²) in [6.07, 6.45) is 2.33. The van der Waals surface area contributed by atoms with Gasteiger partial charge in [-0.15, -0.1) is 0 Å². The van der Waals surface area contributed by atoms with Crippen LogP contribution in [0.1, 0.15) is 16.7 Å². The molecule has 4 rings (SSSR count). The first-order chi connectivity index (χ1) is 10.7. The van der Waals surface area contributed by atoms with Gasteiger partial charge in [0.15, 0.2) is 4.96 Å². The minimum atomic E-state index is 0.0331. The second-order valence-electron chi connectivity index (χ2n) is 5.44. The molecule has 2 heterocycles. The van der Waals surface area contributed by atoms with Gasteiger partial charge in [0.05, 0.1) is 10.2 Å². The molecule has 2 aromatic carbocycles. The van der Waals surface area contributed by atoms with E-state index in [1.54, 1.807) is 21.9 Å². The van der Waals surface area contributed by atoms with Crippen molar-refractivity contribution in [3.05, 3.63) is 81.8 Å². The zero-order chi connectivity index (χ0) is 15.1. The van der Waals surface area contributed by atoms with Gasteiger partial charge in [0.2, 0.25) is 0 Å². The number of aromatic nitrogens is 2. The Bertz CT molecular complexity index is 1030. The van der Waals surface area contributed by atoms with Crippen LogP contribution in [0.5, 0.6) is 0 Å². The number of hydrogen-bond donors (Lipinski definition) is 0. The van der Waals surface area contributed by atoms with E-state index in [1.807, 2.05) is 43.3 Å². The largest absolute Gasteiger partial charge is 0.269 e. The molecule has 0 fully saturated rings. The summed E-state index contributed by atoms with van der Waals surface area (Å²) in [4.78, 5) is 18.1. The Morgan fingerprint density at radius 3 is 2.77 bits per heavy atom. The van der Waals surface area contributed by atoms with E-state index in [0.717, 1.165) is 31.9 Å². The standard InChI is InChI=1S/C18H14N2OS/c1-12-7-8-16-15(9-12)20-17(21)14(11-19-18(20)22-16)10-13-5-3-2-4-6-13/h2-9,11H,10H2,1H3. The van der Waals surface area contributed by atoms with Gasteiger partial charge in [-0.25, -0.2) is 4.98 Å². The highest BCUT2D eigenvalue weighted by Gasteiger charge is 2.11. The lowest BCUT2D eigenvalue weighted by atomic mass is 10.1. The lowest BCUT2D eigenvalue weighted by molar-refractivity contribution is 1.02. The molecule has 2 aromatic heterocycles. The molecular formula is C18H14N2OS. The van der Waals surface area contributed by atoms with Crippen molar-refractivity contribution in [2.75, 3.05) is 0 Å². The van der Waals surface area contributed by atoms with E-state index in [1.165, 1.54) is 0 Å². The molecule has 4 heteroatoms. The molecule has 22 heavy (non-hydrogen) atoms. The maximum Gasteiger partial charge on any atom is 0.262 e. The third-order valence-corrected chi connectivity index (χ3v) is 4.83. The predicted molar refractivity (Wildman–Crippen MR) is 90.8 cm³/mol. The van der Waals surface area contributed by atoms with Gasteiger partial charge in [-0.2, -0.15) is 0 Å². The molecule has 0 radical (unpaired) electrons. The summed E-state index contributed by atoms with van der Waals surface area (Å²) in [6.45, 7) is 2.04. The van der Waals surface area contributed by atoms with Crippen molar-refractivity contribution < 1.29 is 0 Å². The Hall–Kier alpha value is -2.46. The van der Waals surface area contributed by atoms with Crippen LogP contribution < -0.4 is 5.56 Å². The Morgan fingerprint density at radius 2 is 1.95 bits per heavy atom. The molecule has 0 bridgehead atoms. The second-order valence-corrected chi connectivity index (χ2v) is 6.45. The number of aryl methyl sites for hydroxylation is 1. The summed E-state index contributed by atoms with van der Waals surface area (Å²) in [6, 6.07) is 16.2. The number of thiazole rings is 1. The summed E-state index contributed by atoms with van der Waals surface area (Å²) in [5, 5.41) is 0. The van der Waals surface area contributed by atoms with E-state index in [4.69, 9.17) is 0 Å².